The first-order chi connectivity index (χ1) is 13.6. The molecule has 3 rings (SSSR count). The Balaban J connectivity index is 1.87. The van der Waals surface area contributed by atoms with Gasteiger partial charge < -0.3 is 9.47 Å². The molecular weight excluding hydrogens is 383 g/mol. The lowest BCUT2D eigenvalue weighted by molar-refractivity contribution is -0.206. The van der Waals surface area contributed by atoms with Crippen molar-refractivity contribution in [1.82, 2.24) is 4.98 Å². The number of esters is 1. The third-order valence-corrected chi connectivity index (χ3v) is 5.52. The highest BCUT2D eigenvalue weighted by atomic mass is 19.4. The summed E-state index contributed by atoms with van der Waals surface area (Å²) in [6.07, 6.45) is 1.50. The molecule has 0 N–H and O–H groups in total. The maximum atomic E-state index is 12.7. The summed E-state index contributed by atoms with van der Waals surface area (Å²) in [5.41, 5.74) is 4.77. The molecule has 0 aromatic carbocycles. The second-order valence-electron chi connectivity index (χ2n) is 8.93. The van der Waals surface area contributed by atoms with Crippen LogP contribution in [0.1, 0.15) is 87.1 Å². The summed E-state index contributed by atoms with van der Waals surface area (Å²) < 4.78 is 48.9. The number of pyridine rings is 1. The third kappa shape index (κ3) is 5.50. The standard InChI is InChI=1S/C22H30F3NO3/c1-21(2,3)28-13-7-10-14-15-8-4-5-11-17(15)26-19-16(14)9-6-12-18(19)29-20(27)22(23,24)25/h18H,4-13H2,1-3H3. The van der Waals surface area contributed by atoms with Gasteiger partial charge >= 0.3 is 12.1 Å². The van der Waals surface area contributed by atoms with Gasteiger partial charge in [-0.15, -0.1) is 0 Å². The van der Waals surface area contributed by atoms with Gasteiger partial charge in [0.15, 0.2) is 0 Å². The number of halogens is 3. The lowest BCUT2D eigenvalue weighted by atomic mass is 9.82. The van der Waals surface area contributed by atoms with Crippen LogP contribution in [0.25, 0.3) is 0 Å². The lowest BCUT2D eigenvalue weighted by Gasteiger charge is -2.31. The Hall–Kier alpha value is -1.63. The van der Waals surface area contributed by atoms with Crippen LogP contribution >= 0.6 is 0 Å². The monoisotopic (exact) mass is 413 g/mol. The van der Waals surface area contributed by atoms with Crippen molar-refractivity contribution in [2.45, 2.75) is 96.4 Å². The van der Waals surface area contributed by atoms with Crippen molar-refractivity contribution in [3.63, 3.8) is 0 Å². The SMILES string of the molecule is CC(C)(C)OCCCc1c2c(nc3c1CCCC3OC(=O)C(F)(F)F)CCCC2. The second kappa shape index (κ2) is 8.62. The van der Waals surface area contributed by atoms with E-state index in [2.05, 4.69) is 0 Å². The van der Waals surface area contributed by atoms with Crippen LogP contribution in [-0.4, -0.2) is 29.3 Å². The largest absolute Gasteiger partial charge is 0.490 e. The molecule has 2 aliphatic rings. The Morgan fingerprint density at radius 1 is 1.07 bits per heavy atom. The van der Waals surface area contributed by atoms with Gasteiger partial charge in [-0.1, -0.05) is 0 Å². The average molecular weight is 413 g/mol. The maximum Gasteiger partial charge on any atom is 0.490 e. The first-order valence-electron chi connectivity index (χ1n) is 10.5. The van der Waals surface area contributed by atoms with E-state index >= 15 is 0 Å². The summed E-state index contributed by atoms with van der Waals surface area (Å²) in [4.78, 5) is 16.2. The van der Waals surface area contributed by atoms with Crippen LogP contribution in [0.15, 0.2) is 0 Å². The van der Waals surface area contributed by atoms with Crippen molar-refractivity contribution in [1.29, 1.82) is 0 Å². The smallest absolute Gasteiger partial charge is 0.449 e. The molecule has 0 radical (unpaired) electrons. The summed E-state index contributed by atoms with van der Waals surface area (Å²) in [6, 6.07) is 0. The van der Waals surface area contributed by atoms with Gasteiger partial charge in [-0.05, 0) is 95.2 Å². The molecule has 1 aromatic rings. The summed E-state index contributed by atoms with van der Waals surface area (Å²) >= 11 is 0. The Bertz CT molecular complexity index is 753. The zero-order valence-corrected chi connectivity index (χ0v) is 17.5. The molecule has 0 spiro atoms. The Morgan fingerprint density at radius 2 is 1.76 bits per heavy atom. The van der Waals surface area contributed by atoms with E-state index in [1.165, 1.54) is 11.1 Å². The molecule has 7 heteroatoms. The van der Waals surface area contributed by atoms with Gasteiger partial charge in [0.05, 0.1) is 11.3 Å². The molecule has 1 aromatic heterocycles. The van der Waals surface area contributed by atoms with Crippen LogP contribution in [0.4, 0.5) is 13.2 Å². The molecule has 162 valence electrons. The number of hydrogen-bond acceptors (Lipinski definition) is 4. The van der Waals surface area contributed by atoms with Crippen LogP contribution in [0.5, 0.6) is 0 Å². The molecule has 1 atom stereocenters. The van der Waals surface area contributed by atoms with Gasteiger partial charge in [0, 0.05) is 12.3 Å². The van der Waals surface area contributed by atoms with Crippen LogP contribution in [0.3, 0.4) is 0 Å². The molecule has 4 nitrogen and oxygen atoms in total. The highest BCUT2D eigenvalue weighted by Gasteiger charge is 2.43. The molecule has 0 aliphatic heterocycles. The number of aryl methyl sites for hydroxylation is 1. The number of carbonyl (C=O) groups excluding carboxylic acids is 1. The van der Waals surface area contributed by atoms with Crippen molar-refractivity contribution >= 4 is 5.97 Å². The van der Waals surface area contributed by atoms with Gasteiger partial charge in [-0.2, -0.15) is 13.2 Å². The quantitative estimate of drug-likeness (QED) is 0.492. The summed E-state index contributed by atoms with van der Waals surface area (Å²) in [6.45, 7) is 6.68. The zero-order chi connectivity index (χ0) is 21.2. The van der Waals surface area contributed by atoms with Gasteiger partial charge in [0.1, 0.15) is 6.10 Å². The van der Waals surface area contributed by atoms with Gasteiger partial charge in [-0.25, -0.2) is 4.79 Å². The van der Waals surface area contributed by atoms with Crippen molar-refractivity contribution < 1.29 is 27.4 Å². The molecule has 0 saturated heterocycles. The minimum absolute atomic E-state index is 0.200. The first kappa shape index (κ1) is 22.1. The van der Waals surface area contributed by atoms with Crippen LogP contribution in [0, 0.1) is 0 Å². The van der Waals surface area contributed by atoms with E-state index < -0.39 is 18.2 Å². The molecular formula is C22H30F3NO3. The van der Waals surface area contributed by atoms with Gasteiger partial charge in [-0.3, -0.25) is 4.98 Å². The molecule has 0 saturated carbocycles. The predicted octanol–water partition coefficient (Wildman–Crippen LogP) is 5.19. The second-order valence-corrected chi connectivity index (χ2v) is 8.93. The molecule has 29 heavy (non-hydrogen) atoms. The third-order valence-electron chi connectivity index (χ3n) is 5.52. The molecule has 0 fully saturated rings. The van der Waals surface area contributed by atoms with E-state index in [0.717, 1.165) is 56.2 Å². The first-order valence-corrected chi connectivity index (χ1v) is 10.5. The number of ether oxygens (including phenoxy) is 2. The Kier molecular flexibility index (Phi) is 6.56. The number of aromatic nitrogens is 1. The fourth-order valence-electron chi connectivity index (χ4n) is 4.27. The minimum atomic E-state index is -4.99. The highest BCUT2D eigenvalue weighted by Crippen LogP contribution is 2.38. The maximum absolute atomic E-state index is 12.7. The normalized spacial score (nSPS) is 19.4. The van der Waals surface area contributed by atoms with Crippen molar-refractivity contribution in [2.75, 3.05) is 6.61 Å². The summed E-state index contributed by atoms with van der Waals surface area (Å²) in [5.74, 6) is -2.13. The number of alkyl halides is 3. The van der Waals surface area contributed by atoms with Crippen molar-refractivity contribution in [3.8, 4) is 0 Å². The Morgan fingerprint density at radius 3 is 2.45 bits per heavy atom. The number of carbonyl (C=O) groups is 1. The van der Waals surface area contributed by atoms with Gasteiger partial charge in [0.25, 0.3) is 0 Å². The van der Waals surface area contributed by atoms with E-state index in [1.54, 1.807) is 0 Å². The van der Waals surface area contributed by atoms with E-state index in [-0.39, 0.29) is 5.60 Å². The fourth-order valence-corrected chi connectivity index (χ4v) is 4.27. The van der Waals surface area contributed by atoms with E-state index in [4.69, 9.17) is 14.5 Å². The molecule has 0 amide bonds. The number of hydrogen-bond donors (Lipinski definition) is 0. The molecule has 1 heterocycles. The topological polar surface area (TPSA) is 48.4 Å². The molecule has 2 aliphatic carbocycles. The minimum Gasteiger partial charge on any atom is -0.449 e. The Labute approximate surface area is 170 Å². The predicted molar refractivity (Wildman–Crippen MR) is 103 cm³/mol. The zero-order valence-electron chi connectivity index (χ0n) is 17.5. The number of rotatable bonds is 5. The van der Waals surface area contributed by atoms with E-state index in [0.29, 0.717) is 25.1 Å². The van der Waals surface area contributed by atoms with Gasteiger partial charge in [0.2, 0.25) is 0 Å². The van der Waals surface area contributed by atoms with Crippen molar-refractivity contribution in [3.05, 3.63) is 28.1 Å². The average Bonchev–Trinajstić information content (AvgIpc) is 2.63. The highest BCUT2D eigenvalue weighted by molar-refractivity contribution is 5.76. The van der Waals surface area contributed by atoms with Crippen LogP contribution in [0.2, 0.25) is 0 Å². The molecule has 0 bridgehead atoms. The van der Waals surface area contributed by atoms with E-state index in [9.17, 15) is 18.0 Å². The van der Waals surface area contributed by atoms with Crippen molar-refractivity contribution in [2.24, 2.45) is 0 Å². The summed E-state index contributed by atoms with van der Waals surface area (Å²) in [5, 5.41) is 0. The number of fused-ring (bicyclic) bond motifs is 2. The lowest BCUT2D eigenvalue weighted by Crippen LogP contribution is -2.30. The number of nitrogens with zero attached hydrogens (tertiary/aromatic N) is 1. The van der Waals surface area contributed by atoms with E-state index in [1.807, 2.05) is 20.8 Å². The fraction of sp³-hybridized carbons (Fsp3) is 0.727. The van der Waals surface area contributed by atoms with Crippen LogP contribution < -0.4 is 0 Å². The summed E-state index contributed by atoms with van der Waals surface area (Å²) in [7, 11) is 0. The molecule has 1 unspecified atom stereocenters. The van der Waals surface area contributed by atoms with Crippen LogP contribution in [-0.2, 0) is 40.0 Å².